The number of hydrogen-bond acceptors (Lipinski definition) is 4. The van der Waals surface area contributed by atoms with Crippen LogP contribution in [-0.4, -0.2) is 47.8 Å². The number of carbonyl (C=O) groups excluding carboxylic acids is 1. The minimum atomic E-state index is -4.84. The van der Waals surface area contributed by atoms with E-state index in [1.165, 1.54) is 0 Å². The Kier molecular flexibility index (Phi) is 5.60. The Morgan fingerprint density at radius 1 is 1.31 bits per heavy atom. The molecule has 26 heavy (non-hydrogen) atoms. The maximum Gasteiger partial charge on any atom is 0.434 e. The van der Waals surface area contributed by atoms with Gasteiger partial charge in [0.1, 0.15) is 0 Å². The number of aromatic nitrogens is 2. The zero-order valence-electron chi connectivity index (χ0n) is 14.0. The van der Waals surface area contributed by atoms with Crippen LogP contribution in [0.2, 0.25) is 0 Å². The molecule has 0 saturated carbocycles. The van der Waals surface area contributed by atoms with Crippen LogP contribution in [0.5, 0.6) is 0 Å². The van der Waals surface area contributed by atoms with Gasteiger partial charge < -0.3 is 10.2 Å². The number of alkyl halides is 3. The SMILES string of the molecule is C[NH+](C)CCNC(=O)c1cnn(-c2ccc([N+](=O)[O-])cc2)c1C(F)(F)F. The van der Waals surface area contributed by atoms with Crippen LogP contribution in [0.15, 0.2) is 30.5 Å². The smallest absolute Gasteiger partial charge is 0.346 e. The Hall–Kier alpha value is -2.95. The highest BCUT2D eigenvalue weighted by atomic mass is 19.4. The number of benzene rings is 1. The highest BCUT2D eigenvalue weighted by Gasteiger charge is 2.40. The molecule has 0 saturated heterocycles. The monoisotopic (exact) mass is 372 g/mol. The number of hydrogen-bond donors (Lipinski definition) is 2. The van der Waals surface area contributed by atoms with Crippen molar-refractivity contribution in [1.82, 2.24) is 15.1 Å². The fourth-order valence-electron chi connectivity index (χ4n) is 2.22. The average molecular weight is 372 g/mol. The molecule has 1 aromatic carbocycles. The molecule has 0 bridgehead atoms. The minimum Gasteiger partial charge on any atom is -0.346 e. The van der Waals surface area contributed by atoms with Crippen molar-refractivity contribution in [3.8, 4) is 5.69 Å². The summed E-state index contributed by atoms with van der Waals surface area (Å²) in [5.74, 6) is -0.883. The third-order valence-corrected chi connectivity index (χ3v) is 3.50. The summed E-state index contributed by atoms with van der Waals surface area (Å²) in [5, 5.41) is 16.7. The van der Waals surface area contributed by atoms with E-state index >= 15 is 0 Å². The highest BCUT2D eigenvalue weighted by molar-refractivity contribution is 5.95. The zero-order chi connectivity index (χ0) is 19.5. The van der Waals surface area contributed by atoms with E-state index in [0.29, 0.717) is 11.2 Å². The first kappa shape index (κ1) is 19.4. The number of non-ortho nitro benzene ring substituents is 1. The van der Waals surface area contributed by atoms with Gasteiger partial charge in [0.2, 0.25) is 0 Å². The standard InChI is InChI=1S/C15H16F3N5O3/c1-21(2)8-7-19-14(24)12-9-20-22(13(12)15(16,17)18)10-3-5-11(6-4-10)23(25)26/h3-6,9H,7-8H2,1-2H3,(H,19,24)/p+1. The van der Waals surface area contributed by atoms with Gasteiger partial charge in [-0.2, -0.15) is 18.3 Å². The van der Waals surface area contributed by atoms with Crippen molar-refractivity contribution in [3.63, 3.8) is 0 Å². The molecule has 8 nitrogen and oxygen atoms in total. The maximum absolute atomic E-state index is 13.5. The van der Waals surface area contributed by atoms with Crippen LogP contribution in [0.3, 0.4) is 0 Å². The normalized spacial score (nSPS) is 11.6. The second kappa shape index (κ2) is 7.52. The van der Waals surface area contributed by atoms with Crippen LogP contribution in [0.25, 0.3) is 5.69 Å². The molecule has 0 aliphatic carbocycles. The summed E-state index contributed by atoms with van der Waals surface area (Å²) in [6.45, 7) is 0.755. The number of nitro groups is 1. The third-order valence-electron chi connectivity index (χ3n) is 3.50. The number of halogens is 3. The van der Waals surface area contributed by atoms with E-state index in [-0.39, 0.29) is 17.9 Å². The molecule has 2 N–H and O–H groups in total. The van der Waals surface area contributed by atoms with Crippen LogP contribution in [-0.2, 0) is 6.18 Å². The summed E-state index contributed by atoms with van der Waals surface area (Å²) in [7, 11) is 3.69. The molecule has 140 valence electrons. The largest absolute Gasteiger partial charge is 0.434 e. The molecule has 0 aliphatic rings. The van der Waals surface area contributed by atoms with Crippen molar-refractivity contribution in [3.05, 3.63) is 51.8 Å². The molecule has 0 unspecified atom stereocenters. The van der Waals surface area contributed by atoms with Gasteiger partial charge in [-0.3, -0.25) is 14.9 Å². The fourth-order valence-corrected chi connectivity index (χ4v) is 2.22. The average Bonchev–Trinajstić information content (AvgIpc) is 2.99. The highest BCUT2D eigenvalue weighted by Crippen LogP contribution is 2.33. The molecule has 0 atom stereocenters. The quantitative estimate of drug-likeness (QED) is 0.576. The van der Waals surface area contributed by atoms with Gasteiger partial charge in [-0.05, 0) is 12.1 Å². The van der Waals surface area contributed by atoms with E-state index in [1.807, 2.05) is 14.1 Å². The van der Waals surface area contributed by atoms with E-state index in [0.717, 1.165) is 35.4 Å². The van der Waals surface area contributed by atoms with E-state index in [1.54, 1.807) is 0 Å². The topological polar surface area (TPSA) is 94.5 Å². The number of rotatable bonds is 6. The number of nitro benzene ring substituents is 1. The number of nitrogens with one attached hydrogen (secondary N) is 2. The first-order valence-corrected chi connectivity index (χ1v) is 7.58. The lowest BCUT2D eigenvalue weighted by molar-refractivity contribution is -0.856. The van der Waals surface area contributed by atoms with E-state index in [2.05, 4.69) is 10.4 Å². The Morgan fingerprint density at radius 2 is 1.92 bits per heavy atom. The van der Waals surface area contributed by atoms with Crippen molar-refractivity contribution in [2.75, 3.05) is 27.2 Å². The molecule has 0 spiro atoms. The lowest BCUT2D eigenvalue weighted by atomic mass is 10.2. The van der Waals surface area contributed by atoms with Crippen LogP contribution >= 0.6 is 0 Å². The van der Waals surface area contributed by atoms with Crippen molar-refractivity contribution < 1.29 is 27.8 Å². The molecular formula is C15H17F3N5O3+. The lowest BCUT2D eigenvalue weighted by Crippen LogP contribution is -3.06. The predicted molar refractivity (Wildman–Crippen MR) is 85.2 cm³/mol. The second-order valence-corrected chi connectivity index (χ2v) is 5.80. The fraction of sp³-hybridized carbons (Fsp3) is 0.333. The summed E-state index contributed by atoms with van der Waals surface area (Å²) in [6, 6.07) is 4.41. The number of nitrogens with zero attached hydrogens (tertiary/aromatic N) is 3. The summed E-state index contributed by atoms with van der Waals surface area (Å²) < 4.78 is 41.0. The predicted octanol–water partition coefficient (Wildman–Crippen LogP) is 0.674. The Labute approximate surface area is 146 Å². The molecule has 0 aliphatic heterocycles. The third kappa shape index (κ3) is 4.36. The zero-order valence-corrected chi connectivity index (χ0v) is 14.0. The van der Waals surface area contributed by atoms with E-state index in [9.17, 15) is 28.1 Å². The molecule has 2 aromatic rings. The van der Waals surface area contributed by atoms with Crippen LogP contribution in [0.4, 0.5) is 18.9 Å². The van der Waals surface area contributed by atoms with Crippen molar-refractivity contribution in [2.45, 2.75) is 6.18 Å². The molecule has 1 aromatic heterocycles. The Bertz CT molecular complexity index is 800. The summed E-state index contributed by atoms with van der Waals surface area (Å²) in [5.41, 5.74) is -2.15. The lowest BCUT2D eigenvalue weighted by Gasteiger charge is -2.13. The second-order valence-electron chi connectivity index (χ2n) is 5.80. The van der Waals surface area contributed by atoms with Gasteiger partial charge in [0.15, 0.2) is 5.69 Å². The van der Waals surface area contributed by atoms with Gasteiger partial charge in [0.05, 0.1) is 49.6 Å². The summed E-state index contributed by atoms with van der Waals surface area (Å²) in [4.78, 5) is 23.2. The number of carbonyl (C=O) groups is 1. The van der Waals surface area contributed by atoms with Crippen molar-refractivity contribution in [1.29, 1.82) is 0 Å². The van der Waals surface area contributed by atoms with E-state index < -0.39 is 28.3 Å². The van der Waals surface area contributed by atoms with Crippen molar-refractivity contribution >= 4 is 11.6 Å². The number of amides is 1. The van der Waals surface area contributed by atoms with Gasteiger partial charge in [-0.15, -0.1) is 0 Å². The van der Waals surface area contributed by atoms with Gasteiger partial charge in [-0.25, -0.2) is 4.68 Å². The van der Waals surface area contributed by atoms with E-state index in [4.69, 9.17) is 0 Å². The summed E-state index contributed by atoms with van der Waals surface area (Å²) >= 11 is 0. The molecule has 0 fully saturated rings. The van der Waals surface area contributed by atoms with Gasteiger partial charge in [-0.1, -0.05) is 0 Å². The van der Waals surface area contributed by atoms with Gasteiger partial charge >= 0.3 is 6.18 Å². The molecule has 1 heterocycles. The number of likely N-dealkylation sites (N-methyl/N-ethyl adjacent to an activating group) is 1. The molecule has 11 heteroatoms. The molecular weight excluding hydrogens is 355 g/mol. The van der Waals surface area contributed by atoms with Gasteiger partial charge in [0, 0.05) is 12.1 Å². The Morgan fingerprint density at radius 3 is 2.42 bits per heavy atom. The summed E-state index contributed by atoms with van der Waals surface area (Å²) in [6.07, 6.45) is -4.00. The van der Waals surface area contributed by atoms with Crippen molar-refractivity contribution in [2.24, 2.45) is 0 Å². The van der Waals surface area contributed by atoms with Crippen LogP contribution < -0.4 is 10.2 Å². The Balaban J connectivity index is 2.38. The van der Waals surface area contributed by atoms with Crippen LogP contribution in [0.1, 0.15) is 16.1 Å². The van der Waals surface area contributed by atoms with Gasteiger partial charge in [0.25, 0.3) is 11.6 Å². The first-order valence-electron chi connectivity index (χ1n) is 7.58. The minimum absolute atomic E-state index is 0.0419. The molecule has 1 amide bonds. The molecule has 0 radical (unpaired) electrons. The molecule has 2 rings (SSSR count). The maximum atomic E-state index is 13.5. The first-order chi connectivity index (χ1) is 12.1. The number of quaternary nitrogens is 1. The van der Waals surface area contributed by atoms with Crippen LogP contribution in [0, 0.1) is 10.1 Å².